The Hall–Kier alpha value is -2.11. The number of amides is 2. The molecule has 2 amide bonds. The summed E-state index contributed by atoms with van der Waals surface area (Å²) in [5.41, 5.74) is 1.91. The zero-order chi connectivity index (χ0) is 17.8. The number of carbonyl (C=O) groups excluding carboxylic acids is 2. The number of carbonyl (C=O) groups is 2. The molecular weight excluding hydrogens is 356 g/mol. The maximum absolute atomic E-state index is 12.3. The van der Waals surface area contributed by atoms with E-state index in [4.69, 9.17) is 11.6 Å². The summed E-state index contributed by atoms with van der Waals surface area (Å²) in [5.74, 6) is 0.00635. The Morgan fingerprint density at radius 3 is 2.48 bits per heavy atom. The summed E-state index contributed by atoms with van der Waals surface area (Å²) in [6, 6.07) is 9.42. The summed E-state index contributed by atoms with van der Waals surface area (Å²) in [6.07, 6.45) is 3.34. The Balaban J connectivity index is 1.55. The fourth-order valence-electron chi connectivity index (χ4n) is 2.67. The molecule has 2 heterocycles. The monoisotopic (exact) mass is 374 g/mol. The summed E-state index contributed by atoms with van der Waals surface area (Å²) in [6.45, 7) is 4.17. The molecule has 1 aromatic heterocycles. The third-order valence-electron chi connectivity index (χ3n) is 4.22. The van der Waals surface area contributed by atoms with Crippen molar-refractivity contribution in [3.63, 3.8) is 0 Å². The van der Waals surface area contributed by atoms with Gasteiger partial charge in [0.2, 0.25) is 5.91 Å². The van der Waals surface area contributed by atoms with E-state index in [-0.39, 0.29) is 11.8 Å². The van der Waals surface area contributed by atoms with Crippen molar-refractivity contribution < 1.29 is 9.59 Å². The SMILES string of the molecule is Cc1ccc(/C=C/C(=O)N2CCN(C(=O)c3cccs3)CC2)cc1Cl. The highest BCUT2D eigenvalue weighted by Crippen LogP contribution is 2.18. The highest BCUT2D eigenvalue weighted by atomic mass is 35.5. The van der Waals surface area contributed by atoms with E-state index in [0.717, 1.165) is 16.0 Å². The predicted octanol–water partition coefficient (Wildman–Crippen LogP) is 3.71. The van der Waals surface area contributed by atoms with E-state index in [9.17, 15) is 9.59 Å². The molecular formula is C19H19ClN2O2S. The summed E-state index contributed by atoms with van der Waals surface area (Å²) < 4.78 is 0. The van der Waals surface area contributed by atoms with Gasteiger partial charge in [-0.05, 0) is 41.6 Å². The average molecular weight is 375 g/mol. The number of nitrogens with zero attached hydrogens (tertiary/aromatic N) is 2. The lowest BCUT2D eigenvalue weighted by Gasteiger charge is -2.34. The van der Waals surface area contributed by atoms with E-state index >= 15 is 0 Å². The molecule has 1 aliphatic rings. The number of rotatable bonds is 3. The zero-order valence-electron chi connectivity index (χ0n) is 13.9. The van der Waals surface area contributed by atoms with Gasteiger partial charge in [0.15, 0.2) is 0 Å². The van der Waals surface area contributed by atoms with Crippen LogP contribution in [0.4, 0.5) is 0 Å². The summed E-state index contributed by atoms with van der Waals surface area (Å²) in [4.78, 5) is 29.0. The second-order valence-electron chi connectivity index (χ2n) is 5.94. The van der Waals surface area contributed by atoms with Crippen LogP contribution in [0.25, 0.3) is 6.08 Å². The van der Waals surface area contributed by atoms with Crippen LogP contribution in [-0.4, -0.2) is 47.8 Å². The van der Waals surface area contributed by atoms with Crippen LogP contribution in [0.3, 0.4) is 0 Å². The second-order valence-corrected chi connectivity index (χ2v) is 7.29. The Morgan fingerprint density at radius 1 is 1.12 bits per heavy atom. The average Bonchev–Trinajstić information content (AvgIpc) is 3.16. The molecule has 130 valence electrons. The van der Waals surface area contributed by atoms with E-state index in [1.807, 2.05) is 42.6 Å². The molecule has 1 fully saturated rings. The Kier molecular flexibility index (Phi) is 5.56. The van der Waals surface area contributed by atoms with Gasteiger partial charge >= 0.3 is 0 Å². The number of benzene rings is 1. The first-order valence-corrected chi connectivity index (χ1v) is 9.36. The number of halogens is 1. The van der Waals surface area contributed by atoms with E-state index in [2.05, 4.69) is 0 Å². The van der Waals surface area contributed by atoms with Crippen molar-refractivity contribution in [2.75, 3.05) is 26.2 Å². The number of hydrogen-bond donors (Lipinski definition) is 0. The number of hydrogen-bond acceptors (Lipinski definition) is 3. The third-order valence-corrected chi connectivity index (χ3v) is 5.49. The maximum atomic E-state index is 12.3. The molecule has 25 heavy (non-hydrogen) atoms. The molecule has 0 aliphatic carbocycles. The quantitative estimate of drug-likeness (QED) is 0.768. The summed E-state index contributed by atoms with van der Waals surface area (Å²) in [7, 11) is 0. The topological polar surface area (TPSA) is 40.6 Å². The normalized spacial score (nSPS) is 15.0. The molecule has 6 heteroatoms. The molecule has 1 aliphatic heterocycles. The first-order valence-electron chi connectivity index (χ1n) is 8.10. The van der Waals surface area contributed by atoms with Crippen molar-refractivity contribution in [1.82, 2.24) is 9.80 Å². The van der Waals surface area contributed by atoms with Crippen LogP contribution >= 0.6 is 22.9 Å². The van der Waals surface area contributed by atoms with Crippen LogP contribution in [0.1, 0.15) is 20.8 Å². The lowest BCUT2D eigenvalue weighted by Crippen LogP contribution is -2.50. The molecule has 0 spiro atoms. The number of thiophene rings is 1. The largest absolute Gasteiger partial charge is 0.336 e. The first-order chi connectivity index (χ1) is 12.0. The van der Waals surface area contributed by atoms with E-state index in [1.165, 1.54) is 11.3 Å². The maximum Gasteiger partial charge on any atom is 0.264 e. The molecule has 1 aromatic carbocycles. The van der Waals surface area contributed by atoms with Gasteiger partial charge in [-0.15, -0.1) is 11.3 Å². The van der Waals surface area contributed by atoms with Gasteiger partial charge in [0.25, 0.3) is 5.91 Å². The van der Waals surface area contributed by atoms with Gasteiger partial charge in [0, 0.05) is 37.3 Å². The van der Waals surface area contributed by atoms with E-state index < -0.39 is 0 Å². The fraction of sp³-hybridized carbons (Fsp3) is 0.263. The zero-order valence-corrected chi connectivity index (χ0v) is 15.5. The second kappa shape index (κ2) is 7.85. The first kappa shape index (κ1) is 17.7. The highest BCUT2D eigenvalue weighted by molar-refractivity contribution is 7.12. The summed E-state index contributed by atoms with van der Waals surface area (Å²) in [5, 5.41) is 2.59. The molecule has 2 aromatic rings. The molecule has 4 nitrogen and oxygen atoms in total. The molecule has 0 radical (unpaired) electrons. The molecule has 0 atom stereocenters. The van der Waals surface area contributed by atoms with Crippen LogP contribution in [0, 0.1) is 6.92 Å². The molecule has 0 saturated carbocycles. The van der Waals surface area contributed by atoms with Gasteiger partial charge in [0.05, 0.1) is 4.88 Å². The number of aryl methyl sites for hydroxylation is 1. The van der Waals surface area contributed by atoms with Gasteiger partial charge < -0.3 is 9.80 Å². The van der Waals surface area contributed by atoms with Crippen LogP contribution in [-0.2, 0) is 4.79 Å². The fourth-order valence-corrected chi connectivity index (χ4v) is 3.55. The lowest BCUT2D eigenvalue weighted by molar-refractivity contribution is -0.127. The van der Waals surface area contributed by atoms with E-state index in [0.29, 0.717) is 31.2 Å². The van der Waals surface area contributed by atoms with Crippen molar-refractivity contribution in [3.05, 3.63) is 62.8 Å². The third kappa shape index (κ3) is 4.30. The van der Waals surface area contributed by atoms with E-state index in [1.54, 1.807) is 22.0 Å². The Morgan fingerprint density at radius 2 is 1.84 bits per heavy atom. The standard InChI is InChI=1S/C19H19ClN2O2S/c1-14-4-5-15(13-16(14)20)6-7-18(23)21-8-10-22(11-9-21)19(24)17-3-2-12-25-17/h2-7,12-13H,8-11H2,1H3/b7-6+. The Bertz CT molecular complexity index is 794. The van der Waals surface area contributed by atoms with Crippen molar-refractivity contribution >= 4 is 40.8 Å². The van der Waals surface area contributed by atoms with Crippen molar-refractivity contribution in [1.29, 1.82) is 0 Å². The van der Waals surface area contributed by atoms with Crippen molar-refractivity contribution in [3.8, 4) is 0 Å². The molecule has 0 N–H and O–H groups in total. The number of piperazine rings is 1. The van der Waals surface area contributed by atoms with Gasteiger partial charge in [-0.3, -0.25) is 9.59 Å². The smallest absolute Gasteiger partial charge is 0.264 e. The lowest BCUT2D eigenvalue weighted by atomic mass is 10.1. The molecule has 1 saturated heterocycles. The summed E-state index contributed by atoms with van der Waals surface area (Å²) >= 11 is 7.55. The van der Waals surface area contributed by atoms with Gasteiger partial charge in [-0.1, -0.05) is 29.8 Å². The molecule has 3 rings (SSSR count). The minimum Gasteiger partial charge on any atom is -0.336 e. The van der Waals surface area contributed by atoms with Crippen LogP contribution in [0.2, 0.25) is 5.02 Å². The van der Waals surface area contributed by atoms with Gasteiger partial charge in [0.1, 0.15) is 0 Å². The molecule has 0 unspecified atom stereocenters. The Labute approximate surface area is 156 Å². The van der Waals surface area contributed by atoms with Gasteiger partial charge in [-0.25, -0.2) is 0 Å². The minimum absolute atomic E-state index is 0.0417. The predicted molar refractivity (Wildman–Crippen MR) is 102 cm³/mol. The van der Waals surface area contributed by atoms with Crippen molar-refractivity contribution in [2.45, 2.75) is 6.92 Å². The van der Waals surface area contributed by atoms with Crippen LogP contribution in [0.15, 0.2) is 41.8 Å². The van der Waals surface area contributed by atoms with Crippen LogP contribution < -0.4 is 0 Å². The highest BCUT2D eigenvalue weighted by Gasteiger charge is 2.24. The van der Waals surface area contributed by atoms with Crippen molar-refractivity contribution in [2.24, 2.45) is 0 Å². The minimum atomic E-state index is -0.0417. The van der Waals surface area contributed by atoms with Crippen LogP contribution in [0.5, 0.6) is 0 Å². The van der Waals surface area contributed by atoms with Gasteiger partial charge in [-0.2, -0.15) is 0 Å². The molecule has 0 bridgehead atoms.